The molecule has 2 fully saturated rings. The molecular weight excluding hydrogens is 312 g/mol. The zero-order valence-corrected chi connectivity index (χ0v) is 12.9. The molecule has 2 aliphatic heterocycles. The third kappa shape index (κ3) is 3.84. The molecule has 2 atom stereocenters. The van der Waals surface area contributed by atoms with Gasteiger partial charge in [-0.2, -0.15) is 13.2 Å². The van der Waals surface area contributed by atoms with Gasteiger partial charge >= 0.3 is 6.18 Å². The summed E-state index contributed by atoms with van der Waals surface area (Å²) >= 11 is 0. The van der Waals surface area contributed by atoms with E-state index in [2.05, 4.69) is 16.7 Å². The second-order valence-electron chi connectivity index (χ2n) is 6.36. The lowest BCUT2D eigenvalue weighted by molar-refractivity contribution is -0.137. The Bertz CT molecular complexity index is 564. The van der Waals surface area contributed by atoms with Crippen LogP contribution < -0.4 is 0 Å². The van der Waals surface area contributed by atoms with Crippen LogP contribution in [0.2, 0.25) is 0 Å². The number of nitrogens with zero attached hydrogens (tertiary/aromatic N) is 2. The molecule has 0 amide bonds. The number of benzene rings is 1. The molecule has 2 saturated heterocycles. The van der Waals surface area contributed by atoms with Crippen molar-refractivity contribution < 1.29 is 22.3 Å². The fourth-order valence-electron chi connectivity index (χ4n) is 3.44. The molecule has 1 aromatic carbocycles. The average Bonchev–Trinajstić information content (AvgIpc) is 2.46. The van der Waals surface area contributed by atoms with E-state index in [0.29, 0.717) is 30.8 Å². The van der Waals surface area contributed by atoms with Crippen molar-refractivity contribution in [2.75, 3.05) is 32.8 Å². The van der Waals surface area contributed by atoms with Crippen LogP contribution in [0.15, 0.2) is 18.2 Å². The van der Waals surface area contributed by atoms with E-state index in [-0.39, 0.29) is 6.04 Å². The maximum absolute atomic E-state index is 13.5. The summed E-state index contributed by atoms with van der Waals surface area (Å²) in [6.45, 7) is 6.13. The Morgan fingerprint density at radius 1 is 1.17 bits per heavy atom. The van der Waals surface area contributed by atoms with Gasteiger partial charge in [-0.1, -0.05) is 0 Å². The highest BCUT2D eigenvalue weighted by molar-refractivity contribution is 5.27. The second-order valence-corrected chi connectivity index (χ2v) is 6.36. The molecule has 0 N–H and O–H groups in total. The number of piperazine rings is 1. The second kappa shape index (κ2) is 6.37. The summed E-state index contributed by atoms with van der Waals surface area (Å²) in [5.74, 6) is -0.844. The SMILES string of the molecule is C[C@H]1COC[C@H]2CN(Cc3cc(F)cc(C(F)(F)F)c3)CCN21. The third-order valence-electron chi connectivity index (χ3n) is 4.54. The van der Waals surface area contributed by atoms with Crippen molar-refractivity contribution in [1.82, 2.24) is 9.80 Å². The van der Waals surface area contributed by atoms with Gasteiger partial charge in [-0.25, -0.2) is 4.39 Å². The molecule has 0 bridgehead atoms. The van der Waals surface area contributed by atoms with Gasteiger partial charge in [0.2, 0.25) is 0 Å². The molecule has 3 nitrogen and oxygen atoms in total. The van der Waals surface area contributed by atoms with Gasteiger partial charge in [-0.05, 0) is 30.7 Å². The van der Waals surface area contributed by atoms with Crippen LogP contribution in [0.1, 0.15) is 18.1 Å². The predicted molar refractivity (Wildman–Crippen MR) is 77.5 cm³/mol. The van der Waals surface area contributed by atoms with Gasteiger partial charge in [0.25, 0.3) is 0 Å². The van der Waals surface area contributed by atoms with Crippen molar-refractivity contribution >= 4 is 0 Å². The molecule has 0 aliphatic carbocycles. The van der Waals surface area contributed by atoms with Gasteiger partial charge in [0.05, 0.1) is 18.8 Å². The summed E-state index contributed by atoms with van der Waals surface area (Å²) in [6, 6.07) is 3.37. The highest BCUT2D eigenvalue weighted by Gasteiger charge is 2.34. The third-order valence-corrected chi connectivity index (χ3v) is 4.54. The molecular formula is C16H20F4N2O. The van der Waals surface area contributed by atoms with E-state index in [0.717, 1.165) is 32.3 Å². The first kappa shape index (κ1) is 16.7. The van der Waals surface area contributed by atoms with Gasteiger partial charge < -0.3 is 4.74 Å². The van der Waals surface area contributed by atoms with E-state index in [1.165, 1.54) is 6.07 Å². The minimum atomic E-state index is -4.53. The topological polar surface area (TPSA) is 15.7 Å². The molecule has 0 aromatic heterocycles. The van der Waals surface area contributed by atoms with E-state index in [1.807, 2.05) is 0 Å². The molecule has 23 heavy (non-hydrogen) atoms. The fourth-order valence-corrected chi connectivity index (χ4v) is 3.44. The first-order chi connectivity index (χ1) is 10.8. The molecule has 128 valence electrons. The van der Waals surface area contributed by atoms with E-state index in [9.17, 15) is 17.6 Å². The number of rotatable bonds is 2. The largest absolute Gasteiger partial charge is 0.416 e. The highest BCUT2D eigenvalue weighted by Crippen LogP contribution is 2.31. The van der Waals surface area contributed by atoms with E-state index < -0.39 is 17.6 Å². The van der Waals surface area contributed by atoms with Crippen LogP contribution in [0.5, 0.6) is 0 Å². The normalized spacial score (nSPS) is 27.0. The quantitative estimate of drug-likeness (QED) is 0.775. The summed E-state index contributed by atoms with van der Waals surface area (Å²) in [7, 11) is 0. The summed E-state index contributed by atoms with van der Waals surface area (Å²) in [6.07, 6.45) is -4.53. The van der Waals surface area contributed by atoms with E-state index in [1.54, 1.807) is 0 Å². The van der Waals surface area contributed by atoms with Crippen LogP contribution in [0.25, 0.3) is 0 Å². The van der Waals surface area contributed by atoms with Crippen LogP contribution in [0, 0.1) is 5.82 Å². The number of ether oxygens (including phenoxy) is 1. The van der Waals surface area contributed by atoms with Gasteiger partial charge in [-0.15, -0.1) is 0 Å². The van der Waals surface area contributed by atoms with Crippen LogP contribution in [0.4, 0.5) is 17.6 Å². The molecule has 3 rings (SSSR count). The number of alkyl halides is 3. The van der Waals surface area contributed by atoms with Crippen LogP contribution >= 0.6 is 0 Å². The maximum Gasteiger partial charge on any atom is 0.416 e. The summed E-state index contributed by atoms with van der Waals surface area (Å²) in [4.78, 5) is 4.45. The first-order valence-electron chi connectivity index (χ1n) is 7.75. The Balaban J connectivity index is 1.69. The zero-order chi connectivity index (χ0) is 16.6. The van der Waals surface area contributed by atoms with Crippen LogP contribution in [-0.2, 0) is 17.5 Å². The number of hydrogen-bond acceptors (Lipinski definition) is 3. The molecule has 0 saturated carbocycles. The van der Waals surface area contributed by atoms with E-state index >= 15 is 0 Å². The summed E-state index contributed by atoms with van der Waals surface area (Å²) in [5.41, 5.74) is -0.573. The first-order valence-corrected chi connectivity index (χ1v) is 7.75. The fraction of sp³-hybridized carbons (Fsp3) is 0.625. The number of halogens is 4. The Hall–Kier alpha value is -1.18. The summed E-state index contributed by atoms with van der Waals surface area (Å²) in [5, 5.41) is 0. The van der Waals surface area contributed by atoms with Crippen molar-refractivity contribution in [3.63, 3.8) is 0 Å². The van der Waals surface area contributed by atoms with Crippen molar-refractivity contribution in [3.05, 3.63) is 35.1 Å². The van der Waals surface area contributed by atoms with Gasteiger partial charge in [0.15, 0.2) is 0 Å². The number of morpholine rings is 1. The molecule has 0 unspecified atom stereocenters. The Morgan fingerprint density at radius 2 is 1.96 bits per heavy atom. The minimum Gasteiger partial charge on any atom is -0.378 e. The smallest absolute Gasteiger partial charge is 0.378 e. The lowest BCUT2D eigenvalue weighted by Gasteiger charge is -2.47. The number of fused-ring (bicyclic) bond motifs is 1. The zero-order valence-electron chi connectivity index (χ0n) is 12.9. The predicted octanol–water partition coefficient (Wildman–Crippen LogP) is 2.75. The van der Waals surface area contributed by atoms with Gasteiger partial charge in [-0.3, -0.25) is 9.80 Å². The maximum atomic E-state index is 13.5. The Kier molecular flexibility index (Phi) is 4.62. The molecule has 0 radical (unpaired) electrons. The molecule has 2 heterocycles. The minimum absolute atomic E-state index is 0.253. The molecule has 0 spiro atoms. The monoisotopic (exact) mass is 332 g/mol. The van der Waals surface area contributed by atoms with Crippen LogP contribution in [0.3, 0.4) is 0 Å². The average molecular weight is 332 g/mol. The molecule has 7 heteroatoms. The van der Waals surface area contributed by atoms with Crippen molar-refractivity contribution in [2.24, 2.45) is 0 Å². The summed E-state index contributed by atoms with van der Waals surface area (Å²) < 4.78 is 57.4. The lowest BCUT2D eigenvalue weighted by atomic mass is 10.1. The standard InChI is InChI=1S/C16H20F4N2O/c1-11-9-23-10-15-8-21(2-3-22(11)15)7-12-4-13(16(18,19)20)6-14(17)5-12/h4-6,11,15H,2-3,7-10H2,1H3/t11-,15+/m0/s1. The van der Waals surface area contributed by atoms with E-state index in [4.69, 9.17) is 4.74 Å². The lowest BCUT2D eigenvalue weighted by Crippen LogP contribution is -2.60. The Labute approximate surface area is 132 Å². The van der Waals surface area contributed by atoms with Crippen molar-refractivity contribution in [2.45, 2.75) is 31.7 Å². The van der Waals surface area contributed by atoms with Crippen molar-refractivity contribution in [3.8, 4) is 0 Å². The molecule has 1 aromatic rings. The van der Waals surface area contributed by atoms with Gasteiger partial charge in [0, 0.05) is 38.3 Å². The van der Waals surface area contributed by atoms with Crippen LogP contribution in [-0.4, -0.2) is 54.7 Å². The Morgan fingerprint density at radius 3 is 2.70 bits per heavy atom. The molecule has 2 aliphatic rings. The van der Waals surface area contributed by atoms with Crippen molar-refractivity contribution in [1.29, 1.82) is 0 Å². The number of hydrogen-bond donors (Lipinski definition) is 0. The highest BCUT2D eigenvalue weighted by atomic mass is 19.4. The van der Waals surface area contributed by atoms with Gasteiger partial charge in [0.1, 0.15) is 5.82 Å².